The van der Waals surface area contributed by atoms with Gasteiger partial charge in [0.2, 0.25) is 5.91 Å². The molecule has 0 aliphatic carbocycles. The van der Waals surface area contributed by atoms with Crippen molar-refractivity contribution < 1.29 is 32.9 Å². The first kappa shape index (κ1) is 72.7. The van der Waals surface area contributed by atoms with Crippen molar-refractivity contribution in [3.8, 4) is 0 Å². The monoisotopic (exact) mass is 1060 g/mol. The van der Waals surface area contributed by atoms with Gasteiger partial charge in [-0.25, -0.2) is 0 Å². The molecule has 0 aromatic carbocycles. The quantitative estimate of drug-likeness (QED) is 0.0272. The second-order valence-electron chi connectivity index (χ2n) is 23.5. The van der Waals surface area contributed by atoms with Crippen LogP contribution in [0.1, 0.15) is 322 Å². The largest absolute Gasteiger partial charge is 0.756 e. The molecule has 0 aliphatic heterocycles. The second kappa shape index (κ2) is 56.4. The van der Waals surface area contributed by atoms with Gasteiger partial charge in [-0.05, 0) is 51.4 Å². The number of likely N-dealkylation sites (N-methyl/N-ethyl adjacent to an activating group) is 1. The van der Waals surface area contributed by atoms with Crippen molar-refractivity contribution in [1.82, 2.24) is 5.32 Å². The minimum atomic E-state index is -4.57. The SMILES string of the molecule is CCCCCCC/C=C\C/C=C\C/C=C\CCCCCCCCCCCCCCCCCCCCC(=O)NC(COP(=O)([O-])OCC[N+](C)(C)C)C(O)CCCCCCCCCCCCCCCCCCCCC. The number of carbonyl (C=O) groups excluding carboxylic acids is 1. The topological polar surface area (TPSA) is 108 Å². The van der Waals surface area contributed by atoms with Gasteiger partial charge in [0.1, 0.15) is 13.2 Å². The Kier molecular flexibility index (Phi) is 55.5. The number of aliphatic hydroxyl groups excluding tert-OH is 1. The lowest BCUT2D eigenvalue weighted by molar-refractivity contribution is -0.870. The lowest BCUT2D eigenvalue weighted by Crippen LogP contribution is -2.46. The molecule has 0 fully saturated rings. The zero-order valence-corrected chi connectivity index (χ0v) is 51.0. The predicted octanol–water partition coefficient (Wildman–Crippen LogP) is 19.5. The molecule has 0 spiro atoms. The number of aliphatic hydroxyl groups is 1. The Bertz CT molecular complexity index is 1300. The average molecular weight is 1060 g/mol. The maximum atomic E-state index is 13.0. The van der Waals surface area contributed by atoms with Crippen LogP contribution < -0.4 is 10.2 Å². The second-order valence-corrected chi connectivity index (χ2v) is 24.9. The molecule has 0 aliphatic rings. The summed E-state index contributed by atoms with van der Waals surface area (Å²) < 4.78 is 23.5. The lowest BCUT2D eigenvalue weighted by Gasteiger charge is -2.30. The number of hydrogen-bond donors (Lipinski definition) is 2. The third-order valence-electron chi connectivity index (χ3n) is 14.9. The Morgan fingerprint density at radius 1 is 0.473 bits per heavy atom. The van der Waals surface area contributed by atoms with Crippen molar-refractivity contribution in [2.45, 2.75) is 334 Å². The molecule has 0 saturated heterocycles. The van der Waals surface area contributed by atoms with Crippen LogP contribution in [0, 0.1) is 0 Å². The van der Waals surface area contributed by atoms with Gasteiger partial charge < -0.3 is 28.8 Å². The number of hydrogen-bond acceptors (Lipinski definition) is 6. The van der Waals surface area contributed by atoms with Gasteiger partial charge in [-0.2, -0.15) is 0 Å². The highest BCUT2D eigenvalue weighted by Crippen LogP contribution is 2.38. The number of quaternary nitrogens is 1. The fraction of sp³-hybridized carbons (Fsp3) is 0.892. The third kappa shape index (κ3) is 58.4. The molecule has 1 amide bonds. The molecular weight excluding hydrogens is 936 g/mol. The first-order valence-corrected chi connectivity index (χ1v) is 33.8. The van der Waals surface area contributed by atoms with Crippen molar-refractivity contribution in [2.75, 3.05) is 40.9 Å². The normalized spacial score (nSPS) is 14.0. The lowest BCUT2D eigenvalue weighted by atomic mass is 10.0. The first-order chi connectivity index (χ1) is 36.0. The Labute approximate surface area is 461 Å². The van der Waals surface area contributed by atoms with E-state index < -0.39 is 20.0 Å². The minimum absolute atomic E-state index is 0.0139. The molecule has 0 radical (unpaired) electrons. The summed E-state index contributed by atoms with van der Waals surface area (Å²) in [5.74, 6) is -0.159. The van der Waals surface area contributed by atoms with Crippen LogP contribution in [0.15, 0.2) is 36.5 Å². The summed E-state index contributed by atoms with van der Waals surface area (Å²) in [5, 5.41) is 14.1. The van der Waals surface area contributed by atoms with E-state index in [2.05, 4.69) is 55.6 Å². The van der Waals surface area contributed by atoms with Gasteiger partial charge in [0.05, 0.1) is 39.9 Å². The van der Waals surface area contributed by atoms with Crippen LogP contribution in [-0.4, -0.2) is 68.5 Å². The van der Waals surface area contributed by atoms with Crippen molar-refractivity contribution >= 4 is 13.7 Å². The molecule has 0 aromatic heterocycles. The highest BCUT2D eigenvalue weighted by atomic mass is 31.2. The van der Waals surface area contributed by atoms with E-state index in [9.17, 15) is 19.4 Å². The molecule has 0 saturated carbocycles. The summed E-state index contributed by atoms with van der Waals surface area (Å²) in [7, 11) is 1.32. The van der Waals surface area contributed by atoms with E-state index in [0.29, 0.717) is 23.9 Å². The smallest absolute Gasteiger partial charge is 0.268 e. The summed E-state index contributed by atoms with van der Waals surface area (Å²) >= 11 is 0. The Balaban J connectivity index is 4.01. The highest BCUT2D eigenvalue weighted by molar-refractivity contribution is 7.45. The van der Waals surface area contributed by atoms with Crippen molar-refractivity contribution in [3.63, 3.8) is 0 Å². The maximum absolute atomic E-state index is 13.0. The predicted molar refractivity (Wildman–Crippen MR) is 321 cm³/mol. The van der Waals surface area contributed by atoms with Crippen LogP contribution in [0.25, 0.3) is 0 Å². The molecule has 3 atom stereocenters. The molecular formula is C65H127N2O6P. The molecule has 9 heteroatoms. The number of rotatable bonds is 60. The van der Waals surface area contributed by atoms with Gasteiger partial charge in [-0.1, -0.05) is 301 Å². The fourth-order valence-electron chi connectivity index (χ4n) is 9.82. The van der Waals surface area contributed by atoms with E-state index >= 15 is 0 Å². The van der Waals surface area contributed by atoms with Crippen LogP contribution in [0.3, 0.4) is 0 Å². The van der Waals surface area contributed by atoms with Crippen LogP contribution in [0.5, 0.6) is 0 Å². The van der Waals surface area contributed by atoms with Crippen molar-refractivity contribution in [3.05, 3.63) is 36.5 Å². The van der Waals surface area contributed by atoms with Crippen LogP contribution in [0.4, 0.5) is 0 Å². The number of carbonyl (C=O) groups is 1. The zero-order valence-electron chi connectivity index (χ0n) is 50.1. The Hall–Kier alpha value is -1.28. The van der Waals surface area contributed by atoms with Gasteiger partial charge in [-0.15, -0.1) is 0 Å². The van der Waals surface area contributed by atoms with E-state index in [1.165, 1.54) is 244 Å². The number of phosphoric ester groups is 1. The highest BCUT2D eigenvalue weighted by Gasteiger charge is 2.24. The Morgan fingerprint density at radius 2 is 0.784 bits per heavy atom. The minimum Gasteiger partial charge on any atom is -0.756 e. The van der Waals surface area contributed by atoms with Crippen molar-refractivity contribution in [1.29, 1.82) is 0 Å². The third-order valence-corrected chi connectivity index (χ3v) is 15.8. The standard InChI is InChI=1S/C65H127N2O6P/c1-6-8-10-12-14-16-18-20-22-24-26-27-28-29-30-31-32-33-34-35-36-37-38-39-41-43-45-47-49-51-53-55-57-59-65(69)66-63(62-73-74(70,71)72-61-60-67(3,4)5)64(68)58-56-54-52-50-48-46-44-42-40-25-23-21-19-17-15-13-11-9-7-2/h18,20,24,26,28-29,63-64,68H,6-17,19,21-23,25,27,30-62H2,1-5H3,(H-,66,69,70,71)/b20-18-,26-24-,29-28-. The van der Waals surface area contributed by atoms with Crippen molar-refractivity contribution in [2.24, 2.45) is 0 Å². The number of phosphoric acid groups is 1. The number of unbranched alkanes of at least 4 members (excludes halogenated alkanes) is 41. The molecule has 2 N–H and O–H groups in total. The van der Waals surface area contributed by atoms with Gasteiger partial charge in [0, 0.05) is 6.42 Å². The van der Waals surface area contributed by atoms with Gasteiger partial charge in [0.15, 0.2) is 0 Å². The molecule has 0 bridgehead atoms. The number of nitrogens with one attached hydrogen (secondary N) is 1. The van der Waals surface area contributed by atoms with E-state index in [1.807, 2.05) is 21.1 Å². The average Bonchev–Trinajstić information content (AvgIpc) is 3.36. The first-order valence-electron chi connectivity index (χ1n) is 32.3. The number of amides is 1. The summed E-state index contributed by atoms with van der Waals surface area (Å²) in [4.78, 5) is 25.6. The van der Waals surface area contributed by atoms with Gasteiger partial charge in [0.25, 0.3) is 7.82 Å². The molecule has 0 rings (SSSR count). The molecule has 0 heterocycles. The van der Waals surface area contributed by atoms with Crippen LogP contribution in [0.2, 0.25) is 0 Å². The van der Waals surface area contributed by atoms with Crippen LogP contribution >= 0.6 is 7.82 Å². The molecule has 3 unspecified atom stereocenters. The molecule has 74 heavy (non-hydrogen) atoms. The van der Waals surface area contributed by atoms with E-state index in [-0.39, 0.29) is 19.1 Å². The zero-order chi connectivity index (χ0) is 54.2. The van der Waals surface area contributed by atoms with E-state index in [4.69, 9.17) is 9.05 Å². The van der Waals surface area contributed by atoms with E-state index in [0.717, 1.165) is 51.4 Å². The summed E-state index contributed by atoms with van der Waals surface area (Å²) in [6.45, 7) is 4.75. The summed E-state index contributed by atoms with van der Waals surface area (Å²) in [6.07, 6.45) is 73.4. The summed E-state index contributed by atoms with van der Waals surface area (Å²) in [6, 6.07) is -0.800. The molecule has 0 aromatic rings. The summed E-state index contributed by atoms with van der Waals surface area (Å²) in [5.41, 5.74) is 0. The molecule has 438 valence electrons. The van der Waals surface area contributed by atoms with Crippen LogP contribution in [-0.2, 0) is 18.4 Å². The fourth-order valence-corrected chi connectivity index (χ4v) is 10.5. The number of allylic oxidation sites excluding steroid dienone is 6. The van der Waals surface area contributed by atoms with Gasteiger partial charge in [-0.3, -0.25) is 9.36 Å². The maximum Gasteiger partial charge on any atom is 0.268 e. The Morgan fingerprint density at radius 3 is 1.14 bits per heavy atom. The number of nitrogens with zero attached hydrogens (tertiary/aromatic N) is 1. The van der Waals surface area contributed by atoms with Gasteiger partial charge >= 0.3 is 0 Å². The molecule has 8 nitrogen and oxygen atoms in total. The van der Waals surface area contributed by atoms with E-state index in [1.54, 1.807) is 0 Å².